The number of rotatable bonds is 0. The maximum absolute atomic E-state index is 3.80. The van der Waals surface area contributed by atoms with E-state index < -0.39 is 0 Å². The van der Waals surface area contributed by atoms with Gasteiger partial charge in [0.25, 0.3) is 0 Å². The summed E-state index contributed by atoms with van der Waals surface area (Å²) in [5, 5.41) is 3.80. The van der Waals surface area contributed by atoms with Crippen LogP contribution in [0.25, 0.3) is 0 Å². The molecule has 1 heterocycles. The smallest absolute Gasteiger partial charge is 0.0218 e. The van der Waals surface area contributed by atoms with Gasteiger partial charge in [0.1, 0.15) is 0 Å². The summed E-state index contributed by atoms with van der Waals surface area (Å²) in [7, 11) is 0. The first-order valence-corrected chi connectivity index (χ1v) is 7.81. The summed E-state index contributed by atoms with van der Waals surface area (Å²) in [4.78, 5) is 0. The minimum atomic E-state index is 0.466. The third-order valence-electron chi connectivity index (χ3n) is 4.58. The molecule has 0 aromatic rings. The fourth-order valence-electron chi connectivity index (χ4n) is 3.41. The molecule has 1 N–H and O–H groups in total. The van der Waals surface area contributed by atoms with Crippen LogP contribution < -0.4 is 5.32 Å². The predicted octanol–water partition coefficient (Wildman–Crippen LogP) is 4.58. The van der Waals surface area contributed by atoms with Crippen molar-refractivity contribution in [2.24, 2.45) is 0 Å². The summed E-state index contributed by atoms with van der Waals surface area (Å²) in [6, 6.07) is 0. The van der Waals surface area contributed by atoms with E-state index in [-0.39, 0.29) is 0 Å². The molecule has 2 aliphatic rings. The Morgan fingerprint density at radius 3 is 1.65 bits per heavy atom. The molecule has 0 radical (unpaired) electrons. The zero-order valence-electron chi connectivity index (χ0n) is 11.3. The fraction of sp³-hybridized carbons (Fsp3) is 0.875. The van der Waals surface area contributed by atoms with E-state index in [0.29, 0.717) is 5.54 Å². The molecule has 0 unspecified atom stereocenters. The van der Waals surface area contributed by atoms with E-state index in [1.165, 1.54) is 77.0 Å². The maximum atomic E-state index is 3.80. The van der Waals surface area contributed by atoms with Gasteiger partial charge in [-0.05, 0) is 19.3 Å². The van der Waals surface area contributed by atoms with Crippen molar-refractivity contribution in [3.05, 3.63) is 12.2 Å². The van der Waals surface area contributed by atoms with Crippen LogP contribution >= 0.6 is 0 Å². The van der Waals surface area contributed by atoms with Crippen LogP contribution in [0, 0.1) is 0 Å². The van der Waals surface area contributed by atoms with Crippen LogP contribution in [0.4, 0.5) is 0 Å². The molecule has 1 aliphatic heterocycles. The third kappa shape index (κ3) is 4.46. The first-order valence-electron chi connectivity index (χ1n) is 7.81. The Hall–Kier alpha value is -0.300. The summed E-state index contributed by atoms with van der Waals surface area (Å²) in [5.74, 6) is 0. The van der Waals surface area contributed by atoms with E-state index in [4.69, 9.17) is 0 Å². The first kappa shape index (κ1) is 13.1. The lowest BCUT2D eigenvalue weighted by Crippen LogP contribution is -2.46. The highest BCUT2D eigenvalue weighted by Gasteiger charge is 2.28. The van der Waals surface area contributed by atoms with Gasteiger partial charge >= 0.3 is 0 Å². The van der Waals surface area contributed by atoms with Crippen LogP contribution in [0.1, 0.15) is 77.0 Å². The second kappa shape index (κ2) is 7.20. The summed E-state index contributed by atoms with van der Waals surface area (Å²) in [6.07, 6.45) is 21.9. The molecule has 0 aromatic heterocycles. The number of hydrogen-bond donors (Lipinski definition) is 1. The lowest BCUT2D eigenvalue weighted by molar-refractivity contribution is 0.263. The Labute approximate surface area is 107 Å². The SMILES string of the molecule is C1=CCC2(CCCCCCCCCCC2)NC1. The summed E-state index contributed by atoms with van der Waals surface area (Å²) >= 11 is 0. The summed E-state index contributed by atoms with van der Waals surface area (Å²) in [5.41, 5.74) is 0.466. The zero-order valence-corrected chi connectivity index (χ0v) is 11.3. The Balaban J connectivity index is 1.85. The van der Waals surface area contributed by atoms with E-state index in [9.17, 15) is 0 Å². The van der Waals surface area contributed by atoms with E-state index in [2.05, 4.69) is 17.5 Å². The Morgan fingerprint density at radius 1 is 0.647 bits per heavy atom. The standard InChI is InChI=1S/C16H29N/c1-2-4-6-8-12-16(13-9-7-5-3-1)14-10-11-15-17-16/h10-11,17H,1-9,12-15H2. The van der Waals surface area contributed by atoms with Crippen molar-refractivity contribution in [1.29, 1.82) is 0 Å². The molecule has 1 spiro atoms. The van der Waals surface area contributed by atoms with Gasteiger partial charge in [0.05, 0.1) is 0 Å². The average molecular weight is 235 g/mol. The second-order valence-corrected chi connectivity index (χ2v) is 6.02. The van der Waals surface area contributed by atoms with E-state index in [0.717, 1.165) is 6.54 Å². The molecular weight excluding hydrogens is 206 g/mol. The molecular formula is C16H29N. The average Bonchev–Trinajstić information content (AvgIpc) is 2.35. The van der Waals surface area contributed by atoms with Gasteiger partial charge < -0.3 is 5.32 Å². The predicted molar refractivity (Wildman–Crippen MR) is 75.3 cm³/mol. The fourth-order valence-corrected chi connectivity index (χ4v) is 3.41. The molecule has 17 heavy (non-hydrogen) atoms. The third-order valence-corrected chi connectivity index (χ3v) is 4.58. The summed E-state index contributed by atoms with van der Waals surface area (Å²) < 4.78 is 0. The molecule has 0 amide bonds. The highest BCUT2D eigenvalue weighted by molar-refractivity contribution is 5.03. The number of nitrogens with one attached hydrogen (secondary N) is 1. The van der Waals surface area contributed by atoms with Crippen molar-refractivity contribution in [1.82, 2.24) is 5.32 Å². The minimum absolute atomic E-state index is 0.466. The van der Waals surface area contributed by atoms with Gasteiger partial charge in [0, 0.05) is 12.1 Å². The van der Waals surface area contributed by atoms with Crippen molar-refractivity contribution < 1.29 is 0 Å². The van der Waals surface area contributed by atoms with Crippen LogP contribution in [0.3, 0.4) is 0 Å². The molecule has 98 valence electrons. The highest BCUT2D eigenvalue weighted by atomic mass is 15.0. The number of hydrogen-bond acceptors (Lipinski definition) is 1. The van der Waals surface area contributed by atoms with Gasteiger partial charge in [-0.2, -0.15) is 0 Å². The van der Waals surface area contributed by atoms with Crippen LogP contribution in [-0.4, -0.2) is 12.1 Å². The van der Waals surface area contributed by atoms with Crippen molar-refractivity contribution in [2.45, 2.75) is 82.6 Å². The Morgan fingerprint density at radius 2 is 1.18 bits per heavy atom. The second-order valence-electron chi connectivity index (χ2n) is 6.02. The topological polar surface area (TPSA) is 12.0 Å². The molecule has 1 aliphatic carbocycles. The quantitative estimate of drug-likeness (QED) is 0.606. The van der Waals surface area contributed by atoms with Gasteiger partial charge in [0.15, 0.2) is 0 Å². The Bertz CT molecular complexity index is 220. The van der Waals surface area contributed by atoms with Gasteiger partial charge in [-0.25, -0.2) is 0 Å². The molecule has 1 fully saturated rings. The van der Waals surface area contributed by atoms with Crippen molar-refractivity contribution in [2.75, 3.05) is 6.54 Å². The lowest BCUT2D eigenvalue weighted by Gasteiger charge is -2.37. The zero-order chi connectivity index (χ0) is 11.8. The van der Waals surface area contributed by atoms with Gasteiger partial charge in [0.2, 0.25) is 0 Å². The van der Waals surface area contributed by atoms with Crippen molar-refractivity contribution in [3.63, 3.8) is 0 Å². The largest absolute Gasteiger partial charge is 0.307 e. The van der Waals surface area contributed by atoms with Crippen molar-refractivity contribution in [3.8, 4) is 0 Å². The minimum Gasteiger partial charge on any atom is -0.307 e. The van der Waals surface area contributed by atoms with E-state index >= 15 is 0 Å². The first-order chi connectivity index (χ1) is 8.41. The molecule has 1 nitrogen and oxygen atoms in total. The van der Waals surface area contributed by atoms with Gasteiger partial charge in [-0.3, -0.25) is 0 Å². The summed E-state index contributed by atoms with van der Waals surface area (Å²) in [6.45, 7) is 1.10. The van der Waals surface area contributed by atoms with Crippen LogP contribution in [-0.2, 0) is 0 Å². The molecule has 1 saturated carbocycles. The lowest BCUT2D eigenvalue weighted by atomic mass is 9.81. The highest BCUT2D eigenvalue weighted by Crippen LogP contribution is 2.29. The molecule has 0 atom stereocenters. The van der Waals surface area contributed by atoms with Crippen LogP contribution in [0.5, 0.6) is 0 Å². The molecule has 0 bridgehead atoms. The molecule has 0 saturated heterocycles. The van der Waals surface area contributed by atoms with Crippen LogP contribution in [0.2, 0.25) is 0 Å². The maximum Gasteiger partial charge on any atom is 0.0218 e. The van der Waals surface area contributed by atoms with Crippen molar-refractivity contribution >= 4 is 0 Å². The van der Waals surface area contributed by atoms with E-state index in [1.54, 1.807) is 0 Å². The normalized spacial score (nSPS) is 27.3. The van der Waals surface area contributed by atoms with Gasteiger partial charge in [-0.1, -0.05) is 69.9 Å². The molecule has 1 heteroatoms. The van der Waals surface area contributed by atoms with E-state index in [1.807, 2.05) is 0 Å². The van der Waals surface area contributed by atoms with Gasteiger partial charge in [-0.15, -0.1) is 0 Å². The monoisotopic (exact) mass is 235 g/mol. The molecule has 2 rings (SSSR count). The Kier molecular flexibility index (Phi) is 5.57. The molecule has 0 aromatic carbocycles. The van der Waals surface area contributed by atoms with Crippen LogP contribution in [0.15, 0.2) is 12.2 Å².